The summed E-state index contributed by atoms with van der Waals surface area (Å²) in [6.45, 7) is 1.13. The molecule has 1 atom stereocenters. The minimum Gasteiger partial charge on any atom is -0.493 e. The summed E-state index contributed by atoms with van der Waals surface area (Å²) in [7, 11) is -4.19. The van der Waals surface area contributed by atoms with E-state index in [2.05, 4.69) is 0 Å². The summed E-state index contributed by atoms with van der Waals surface area (Å²) >= 11 is 0. The first-order valence-corrected chi connectivity index (χ1v) is 9.60. The van der Waals surface area contributed by atoms with Gasteiger partial charge in [-0.15, -0.1) is 0 Å². The smallest absolute Gasteiger partial charge is 0.248 e. The third kappa shape index (κ3) is 2.81. The van der Waals surface area contributed by atoms with E-state index in [0.717, 1.165) is 41.5 Å². The first kappa shape index (κ1) is 16.5. The molecule has 2 aromatic rings. The predicted octanol–water partition coefficient (Wildman–Crippen LogP) is 3.08. The van der Waals surface area contributed by atoms with Gasteiger partial charge in [-0.05, 0) is 41.7 Å². The molecule has 2 heterocycles. The molecule has 0 radical (unpaired) electrons. The molecule has 4 rings (SSSR count). The predicted molar refractivity (Wildman–Crippen MR) is 88.1 cm³/mol. The van der Waals surface area contributed by atoms with Crippen molar-refractivity contribution in [2.75, 3.05) is 19.7 Å². The van der Waals surface area contributed by atoms with Crippen molar-refractivity contribution < 1.29 is 21.9 Å². The quantitative estimate of drug-likeness (QED) is 0.840. The zero-order valence-corrected chi connectivity index (χ0v) is 14.2. The second-order valence-electron chi connectivity index (χ2n) is 6.37. The molecule has 25 heavy (non-hydrogen) atoms. The van der Waals surface area contributed by atoms with Gasteiger partial charge in [0.25, 0.3) is 0 Å². The maximum absolute atomic E-state index is 13.9. The van der Waals surface area contributed by atoms with Crippen LogP contribution < -0.4 is 4.74 Å². The van der Waals surface area contributed by atoms with Crippen LogP contribution in [0.15, 0.2) is 41.3 Å². The van der Waals surface area contributed by atoms with E-state index < -0.39 is 26.6 Å². The summed E-state index contributed by atoms with van der Waals surface area (Å²) < 4.78 is 59.8. The Morgan fingerprint density at radius 1 is 1.12 bits per heavy atom. The van der Waals surface area contributed by atoms with E-state index >= 15 is 0 Å². The van der Waals surface area contributed by atoms with Crippen molar-refractivity contribution in [1.82, 2.24) is 4.31 Å². The highest BCUT2D eigenvalue weighted by Crippen LogP contribution is 2.35. The maximum atomic E-state index is 13.9. The van der Waals surface area contributed by atoms with Gasteiger partial charge in [-0.1, -0.05) is 18.2 Å². The Balaban J connectivity index is 1.60. The number of nitrogens with zero attached hydrogens (tertiary/aromatic N) is 1. The van der Waals surface area contributed by atoms with Gasteiger partial charge in [-0.3, -0.25) is 0 Å². The number of rotatable bonds is 3. The molecule has 0 amide bonds. The van der Waals surface area contributed by atoms with Crippen molar-refractivity contribution in [3.8, 4) is 5.75 Å². The lowest BCUT2D eigenvalue weighted by molar-refractivity contribution is 0.357. The van der Waals surface area contributed by atoms with Crippen LogP contribution in [0.4, 0.5) is 8.78 Å². The number of fused-ring (bicyclic) bond motifs is 1. The summed E-state index contributed by atoms with van der Waals surface area (Å²) in [5.41, 5.74) is 2.16. The second-order valence-corrected chi connectivity index (χ2v) is 8.24. The van der Waals surface area contributed by atoms with Gasteiger partial charge in [-0.25, -0.2) is 17.2 Å². The SMILES string of the molecule is O=S(=O)(c1c(F)cccc1F)N1CC[C@H](c2ccc3c(c2)CCO3)C1. The minimum absolute atomic E-state index is 0.00973. The lowest BCUT2D eigenvalue weighted by Crippen LogP contribution is -2.30. The molecular formula is C18H17F2NO3S. The van der Waals surface area contributed by atoms with Crippen LogP contribution in [0.1, 0.15) is 23.5 Å². The topological polar surface area (TPSA) is 46.6 Å². The minimum atomic E-state index is -4.19. The van der Waals surface area contributed by atoms with Gasteiger partial charge >= 0.3 is 0 Å². The number of halogens is 2. The largest absolute Gasteiger partial charge is 0.493 e. The van der Waals surface area contributed by atoms with Crippen LogP contribution in [0.5, 0.6) is 5.75 Å². The molecule has 2 aliphatic rings. The Morgan fingerprint density at radius 2 is 1.88 bits per heavy atom. The van der Waals surface area contributed by atoms with Gasteiger partial charge in [-0.2, -0.15) is 4.31 Å². The molecule has 2 aliphatic heterocycles. The fourth-order valence-electron chi connectivity index (χ4n) is 3.54. The second kappa shape index (κ2) is 6.07. The number of sulfonamides is 1. The number of hydrogen-bond donors (Lipinski definition) is 0. The molecule has 0 N–H and O–H groups in total. The van der Waals surface area contributed by atoms with Crippen LogP contribution >= 0.6 is 0 Å². The average Bonchev–Trinajstić information content (AvgIpc) is 3.23. The standard InChI is InChI=1S/C18H17F2NO3S/c19-15-2-1-3-16(20)18(15)25(22,23)21-8-6-14(11-21)12-4-5-17-13(10-12)7-9-24-17/h1-5,10,14H,6-9,11H2/t14-/m0/s1. The molecule has 0 aliphatic carbocycles. The fourth-order valence-corrected chi connectivity index (χ4v) is 5.15. The summed E-state index contributed by atoms with van der Waals surface area (Å²) in [4.78, 5) is -0.863. The molecule has 132 valence electrons. The average molecular weight is 365 g/mol. The zero-order valence-electron chi connectivity index (χ0n) is 13.4. The highest BCUT2D eigenvalue weighted by atomic mass is 32.2. The van der Waals surface area contributed by atoms with Crippen molar-refractivity contribution in [2.45, 2.75) is 23.7 Å². The monoisotopic (exact) mass is 365 g/mol. The third-order valence-corrected chi connectivity index (χ3v) is 6.77. The number of ether oxygens (including phenoxy) is 1. The first-order chi connectivity index (χ1) is 12.0. The first-order valence-electron chi connectivity index (χ1n) is 8.16. The lowest BCUT2D eigenvalue weighted by Gasteiger charge is -2.18. The molecule has 2 aromatic carbocycles. The van der Waals surface area contributed by atoms with Crippen molar-refractivity contribution in [3.05, 3.63) is 59.2 Å². The van der Waals surface area contributed by atoms with Gasteiger partial charge in [0, 0.05) is 19.5 Å². The van der Waals surface area contributed by atoms with Gasteiger partial charge in [0.1, 0.15) is 17.4 Å². The van der Waals surface area contributed by atoms with Crippen molar-refractivity contribution in [3.63, 3.8) is 0 Å². The van der Waals surface area contributed by atoms with Crippen LogP contribution in [-0.4, -0.2) is 32.4 Å². The molecule has 0 bridgehead atoms. The molecule has 1 saturated heterocycles. The normalized spacial score (nSPS) is 20.5. The number of hydrogen-bond acceptors (Lipinski definition) is 3. The van der Waals surface area contributed by atoms with Gasteiger partial charge < -0.3 is 4.74 Å². The molecule has 1 fully saturated rings. The fraction of sp³-hybridized carbons (Fsp3) is 0.333. The molecule has 4 nitrogen and oxygen atoms in total. The van der Waals surface area contributed by atoms with Crippen LogP contribution in [0.25, 0.3) is 0 Å². The molecule has 0 aromatic heterocycles. The molecular weight excluding hydrogens is 348 g/mol. The Kier molecular flexibility index (Phi) is 4.00. The van der Waals surface area contributed by atoms with E-state index in [1.807, 2.05) is 18.2 Å². The third-order valence-electron chi connectivity index (χ3n) is 4.85. The van der Waals surface area contributed by atoms with Crippen LogP contribution in [-0.2, 0) is 16.4 Å². The van der Waals surface area contributed by atoms with E-state index in [4.69, 9.17) is 4.74 Å². The Morgan fingerprint density at radius 3 is 2.64 bits per heavy atom. The van der Waals surface area contributed by atoms with Crippen molar-refractivity contribution in [2.24, 2.45) is 0 Å². The summed E-state index contributed by atoms with van der Waals surface area (Å²) in [6, 6.07) is 8.98. The van der Waals surface area contributed by atoms with E-state index in [1.54, 1.807) is 0 Å². The van der Waals surface area contributed by atoms with Gasteiger partial charge in [0.15, 0.2) is 4.90 Å². The maximum Gasteiger partial charge on any atom is 0.248 e. The highest BCUT2D eigenvalue weighted by molar-refractivity contribution is 7.89. The van der Waals surface area contributed by atoms with E-state index in [1.165, 1.54) is 4.31 Å². The van der Waals surface area contributed by atoms with Gasteiger partial charge in [0.2, 0.25) is 10.0 Å². The lowest BCUT2D eigenvalue weighted by atomic mass is 9.96. The zero-order chi connectivity index (χ0) is 17.6. The van der Waals surface area contributed by atoms with Crippen LogP contribution in [0.3, 0.4) is 0 Å². The summed E-state index contributed by atoms with van der Waals surface area (Å²) in [5.74, 6) is -1.23. The summed E-state index contributed by atoms with van der Waals surface area (Å²) in [5, 5.41) is 0. The Bertz CT molecular complexity index is 910. The molecule has 0 spiro atoms. The van der Waals surface area contributed by atoms with Crippen molar-refractivity contribution in [1.29, 1.82) is 0 Å². The molecule has 0 saturated carbocycles. The van der Waals surface area contributed by atoms with Gasteiger partial charge in [0.05, 0.1) is 6.61 Å². The molecule has 0 unspecified atom stereocenters. The van der Waals surface area contributed by atoms with Crippen LogP contribution in [0, 0.1) is 11.6 Å². The van der Waals surface area contributed by atoms with E-state index in [0.29, 0.717) is 13.0 Å². The number of benzene rings is 2. The Labute approximate surface area is 145 Å². The summed E-state index contributed by atoms with van der Waals surface area (Å²) in [6.07, 6.45) is 1.47. The van der Waals surface area contributed by atoms with E-state index in [9.17, 15) is 17.2 Å². The van der Waals surface area contributed by atoms with Crippen molar-refractivity contribution >= 4 is 10.0 Å². The molecule has 7 heteroatoms. The van der Waals surface area contributed by atoms with Crippen LogP contribution in [0.2, 0.25) is 0 Å². The highest BCUT2D eigenvalue weighted by Gasteiger charge is 2.36. The Hall–Kier alpha value is -1.99. The van der Waals surface area contributed by atoms with E-state index in [-0.39, 0.29) is 19.0 Å².